The van der Waals surface area contributed by atoms with Crippen molar-refractivity contribution in [1.29, 1.82) is 0 Å². The lowest BCUT2D eigenvalue weighted by Crippen LogP contribution is -2.51. The quantitative estimate of drug-likeness (QED) is 0.791. The molecule has 1 fully saturated rings. The topological polar surface area (TPSA) is 70.2 Å². The van der Waals surface area contributed by atoms with Crippen LogP contribution in [0.25, 0.3) is 0 Å². The van der Waals surface area contributed by atoms with Crippen LogP contribution in [-0.2, 0) is 4.79 Å². The molecule has 0 aromatic heterocycles. The van der Waals surface area contributed by atoms with Gasteiger partial charge in [-0.1, -0.05) is 37.5 Å². The van der Waals surface area contributed by atoms with E-state index in [4.69, 9.17) is 0 Å². The highest BCUT2D eigenvalue weighted by Gasteiger charge is 2.25. The van der Waals surface area contributed by atoms with Gasteiger partial charge in [0.05, 0.1) is 6.04 Å². The molecule has 0 spiro atoms. The number of anilines is 1. The first-order valence-electron chi connectivity index (χ1n) is 8.82. The largest absolute Gasteiger partial charge is 0.325 e. The van der Waals surface area contributed by atoms with Gasteiger partial charge >= 0.3 is 6.03 Å². The predicted molar refractivity (Wildman–Crippen MR) is 97.1 cm³/mol. The summed E-state index contributed by atoms with van der Waals surface area (Å²) in [4.78, 5) is 24.3. The Bertz CT molecular complexity index is 600. The van der Waals surface area contributed by atoms with E-state index in [0.29, 0.717) is 17.6 Å². The molecule has 0 aliphatic heterocycles. The molecular formula is C19H29N3O2. The number of urea groups is 1. The van der Waals surface area contributed by atoms with Crippen LogP contribution in [0.5, 0.6) is 0 Å². The number of rotatable bonds is 4. The second kappa shape index (κ2) is 8.29. The van der Waals surface area contributed by atoms with Crippen LogP contribution in [0.1, 0.15) is 50.7 Å². The Morgan fingerprint density at radius 1 is 1.17 bits per heavy atom. The van der Waals surface area contributed by atoms with Crippen molar-refractivity contribution in [2.75, 3.05) is 5.32 Å². The molecule has 1 aliphatic rings. The summed E-state index contributed by atoms with van der Waals surface area (Å²) in [6.07, 6.45) is 4.74. The lowest BCUT2D eigenvalue weighted by atomic mass is 9.85. The van der Waals surface area contributed by atoms with Crippen molar-refractivity contribution in [2.45, 2.75) is 65.5 Å². The van der Waals surface area contributed by atoms with Gasteiger partial charge in [0.15, 0.2) is 0 Å². The summed E-state index contributed by atoms with van der Waals surface area (Å²) in [5.41, 5.74) is 2.82. The molecule has 0 radical (unpaired) electrons. The smallest absolute Gasteiger partial charge is 0.307 e. The maximum absolute atomic E-state index is 12.2. The third kappa shape index (κ3) is 5.06. The van der Waals surface area contributed by atoms with Crippen molar-refractivity contribution < 1.29 is 9.59 Å². The van der Waals surface area contributed by atoms with Crippen molar-refractivity contribution in [2.24, 2.45) is 5.92 Å². The second-order valence-corrected chi connectivity index (χ2v) is 7.02. The van der Waals surface area contributed by atoms with Gasteiger partial charge in [0, 0.05) is 11.7 Å². The molecule has 5 nitrogen and oxygen atoms in total. The molecule has 24 heavy (non-hydrogen) atoms. The van der Waals surface area contributed by atoms with Crippen LogP contribution in [0.15, 0.2) is 18.2 Å². The van der Waals surface area contributed by atoms with Crippen LogP contribution in [-0.4, -0.2) is 24.0 Å². The van der Waals surface area contributed by atoms with Crippen molar-refractivity contribution in [3.63, 3.8) is 0 Å². The Kier molecular flexibility index (Phi) is 6.37. The van der Waals surface area contributed by atoms with Gasteiger partial charge in [0.25, 0.3) is 0 Å². The monoisotopic (exact) mass is 331 g/mol. The minimum Gasteiger partial charge on any atom is -0.307 e. The lowest BCUT2D eigenvalue weighted by Gasteiger charge is -2.31. The maximum Gasteiger partial charge on any atom is 0.325 e. The van der Waals surface area contributed by atoms with Crippen molar-refractivity contribution in [3.05, 3.63) is 29.3 Å². The number of carbonyl (C=O) groups is 2. The summed E-state index contributed by atoms with van der Waals surface area (Å²) in [7, 11) is 0. The van der Waals surface area contributed by atoms with E-state index >= 15 is 0 Å². The van der Waals surface area contributed by atoms with Crippen molar-refractivity contribution in [3.8, 4) is 0 Å². The summed E-state index contributed by atoms with van der Waals surface area (Å²) < 4.78 is 0. The number of benzene rings is 1. The molecular weight excluding hydrogens is 302 g/mol. The number of imide groups is 1. The van der Waals surface area contributed by atoms with E-state index < -0.39 is 6.03 Å². The molecule has 1 saturated carbocycles. The van der Waals surface area contributed by atoms with Crippen LogP contribution in [0.4, 0.5) is 10.5 Å². The minimum atomic E-state index is -0.489. The molecule has 1 aromatic carbocycles. The van der Waals surface area contributed by atoms with Crippen LogP contribution >= 0.6 is 0 Å². The molecule has 0 heterocycles. The van der Waals surface area contributed by atoms with E-state index in [-0.39, 0.29) is 11.9 Å². The highest BCUT2D eigenvalue weighted by Crippen LogP contribution is 2.24. The first-order chi connectivity index (χ1) is 11.4. The van der Waals surface area contributed by atoms with Gasteiger partial charge in [-0.25, -0.2) is 4.79 Å². The third-order valence-corrected chi connectivity index (χ3v) is 4.84. The van der Waals surface area contributed by atoms with Crippen molar-refractivity contribution in [1.82, 2.24) is 10.6 Å². The first kappa shape index (κ1) is 18.5. The second-order valence-electron chi connectivity index (χ2n) is 7.02. The summed E-state index contributed by atoms with van der Waals surface area (Å²) in [5, 5.41) is 8.52. The van der Waals surface area contributed by atoms with E-state index in [2.05, 4.69) is 22.9 Å². The fourth-order valence-electron chi connectivity index (χ4n) is 3.29. The van der Waals surface area contributed by atoms with Crippen LogP contribution in [0, 0.1) is 19.8 Å². The Morgan fingerprint density at radius 3 is 2.54 bits per heavy atom. The Hall–Kier alpha value is -1.88. The Morgan fingerprint density at radius 2 is 1.88 bits per heavy atom. The zero-order valence-electron chi connectivity index (χ0n) is 15.1. The molecule has 132 valence electrons. The Balaban J connectivity index is 1.85. The standard InChI is InChI=1S/C19H29N3O2/c1-12-9-10-17(14(3)11-12)21-19(24)22-18(23)15(4)20-16-8-6-5-7-13(16)2/h9-11,13,15-16,20H,5-8H2,1-4H3,(H2,21,22,23,24). The van der Waals surface area contributed by atoms with Crippen molar-refractivity contribution >= 4 is 17.6 Å². The molecule has 5 heteroatoms. The molecule has 0 bridgehead atoms. The minimum absolute atomic E-state index is 0.296. The van der Waals surface area contributed by atoms with Gasteiger partial charge in [-0.3, -0.25) is 10.1 Å². The van der Waals surface area contributed by atoms with Gasteiger partial charge in [0.2, 0.25) is 5.91 Å². The summed E-state index contributed by atoms with van der Waals surface area (Å²) in [6.45, 7) is 7.95. The fourth-order valence-corrected chi connectivity index (χ4v) is 3.29. The van der Waals surface area contributed by atoms with Gasteiger partial charge in [-0.05, 0) is 51.2 Å². The number of nitrogens with one attached hydrogen (secondary N) is 3. The van der Waals surface area contributed by atoms with Gasteiger partial charge in [-0.2, -0.15) is 0 Å². The van der Waals surface area contributed by atoms with Crippen LogP contribution in [0.3, 0.4) is 0 Å². The first-order valence-corrected chi connectivity index (χ1v) is 8.82. The normalized spacial score (nSPS) is 21.8. The number of amides is 3. The maximum atomic E-state index is 12.2. The van der Waals surface area contributed by atoms with E-state index in [1.165, 1.54) is 19.3 Å². The molecule has 1 aliphatic carbocycles. The number of aryl methyl sites for hydroxylation is 2. The highest BCUT2D eigenvalue weighted by molar-refractivity contribution is 6.03. The summed E-state index contributed by atoms with van der Waals surface area (Å²) in [6, 6.07) is 5.24. The third-order valence-electron chi connectivity index (χ3n) is 4.84. The summed E-state index contributed by atoms with van der Waals surface area (Å²) in [5.74, 6) is 0.271. The average molecular weight is 331 g/mol. The van der Waals surface area contributed by atoms with Gasteiger partial charge < -0.3 is 10.6 Å². The number of carbonyl (C=O) groups excluding carboxylic acids is 2. The molecule has 0 saturated heterocycles. The van der Waals surface area contributed by atoms with Gasteiger partial charge in [0.1, 0.15) is 0 Å². The fraction of sp³-hybridized carbons (Fsp3) is 0.579. The van der Waals surface area contributed by atoms with E-state index in [1.807, 2.05) is 32.0 Å². The molecule has 3 N–H and O–H groups in total. The molecule has 3 unspecified atom stereocenters. The van der Waals surface area contributed by atoms with E-state index in [0.717, 1.165) is 17.5 Å². The molecule has 3 amide bonds. The Labute approximate surface area is 144 Å². The SMILES string of the molecule is Cc1ccc(NC(=O)NC(=O)C(C)NC2CCCCC2C)c(C)c1. The molecule has 2 rings (SSSR count). The van der Waals surface area contributed by atoms with Crippen LogP contribution < -0.4 is 16.0 Å². The lowest BCUT2D eigenvalue weighted by molar-refractivity contribution is -0.121. The summed E-state index contributed by atoms with van der Waals surface area (Å²) >= 11 is 0. The zero-order valence-corrected chi connectivity index (χ0v) is 15.1. The van der Waals surface area contributed by atoms with Gasteiger partial charge in [-0.15, -0.1) is 0 Å². The van der Waals surface area contributed by atoms with E-state index in [9.17, 15) is 9.59 Å². The predicted octanol–water partition coefficient (Wildman–Crippen LogP) is 3.51. The molecule has 1 aromatic rings. The van der Waals surface area contributed by atoms with E-state index in [1.54, 1.807) is 6.92 Å². The number of hydrogen-bond acceptors (Lipinski definition) is 3. The molecule has 3 atom stereocenters. The highest BCUT2D eigenvalue weighted by atomic mass is 16.2. The zero-order chi connectivity index (χ0) is 17.7. The van der Waals surface area contributed by atoms with Crippen LogP contribution in [0.2, 0.25) is 0 Å². The average Bonchev–Trinajstić information content (AvgIpc) is 2.52. The number of hydrogen-bond donors (Lipinski definition) is 3.